The van der Waals surface area contributed by atoms with Crippen molar-refractivity contribution in [3.8, 4) is 11.1 Å². The summed E-state index contributed by atoms with van der Waals surface area (Å²) in [5, 5.41) is 0. The van der Waals surface area contributed by atoms with Crippen molar-refractivity contribution in [3.05, 3.63) is 92.4 Å². The second-order valence-electron chi connectivity index (χ2n) is 6.55. The summed E-state index contributed by atoms with van der Waals surface area (Å²) >= 11 is 7.97. The van der Waals surface area contributed by atoms with Crippen molar-refractivity contribution in [2.24, 2.45) is 0 Å². The topological polar surface area (TPSA) is 63.2 Å². The first-order chi connectivity index (χ1) is 14.1. The Hall–Kier alpha value is 0.980. The summed E-state index contributed by atoms with van der Waals surface area (Å²) < 4.78 is 39.3. The molecule has 0 aliphatic rings. The molecule has 0 N–H and O–H groups in total. The van der Waals surface area contributed by atoms with Gasteiger partial charge in [0.2, 0.25) is 0 Å². The molecule has 0 amide bonds. The van der Waals surface area contributed by atoms with Crippen molar-refractivity contribution in [2.75, 3.05) is 0 Å². The molecule has 0 aromatic heterocycles. The quantitative estimate of drug-likeness (QED) is 0.281. The van der Waals surface area contributed by atoms with E-state index in [4.69, 9.17) is 0 Å². The fraction of sp³-hybridized carbons (Fsp3) is 0.143. The van der Waals surface area contributed by atoms with Crippen LogP contribution in [0.25, 0.3) is 11.1 Å². The van der Waals surface area contributed by atoms with Gasteiger partial charge in [-0.2, -0.15) is 20.5 Å². The molecule has 0 aliphatic carbocycles. The number of hydrogen-bond donors (Lipinski definition) is 0. The minimum Gasteiger partial charge on any atom is -0.806 e. The van der Waals surface area contributed by atoms with Gasteiger partial charge in [0.25, 0.3) is 5.66 Å². The van der Waals surface area contributed by atoms with Gasteiger partial charge in [0.05, 0.1) is 0 Å². The van der Waals surface area contributed by atoms with E-state index in [1.807, 2.05) is 36.4 Å². The van der Waals surface area contributed by atoms with E-state index in [-0.39, 0.29) is 63.6 Å². The average Bonchev–Trinajstić information content (AvgIpc) is 2.68. The molecule has 0 saturated heterocycles. The Balaban J connectivity index is 0.00000256. The molecule has 0 bridgehead atoms. The predicted octanol–water partition coefficient (Wildman–Crippen LogP) is 0.283. The largest absolute Gasteiger partial charge is 1.00 e. The summed E-state index contributed by atoms with van der Waals surface area (Å²) in [6.45, 7) is 0. The molecule has 158 valence electrons. The summed E-state index contributed by atoms with van der Waals surface area (Å²) in [5.41, 5.74) is -1.18. The summed E-state index contributed by atoms with van der Waals surface area (Å²) in [7, 11) is -6.09. The summed E-state index contributed by atoms with van der Waals surface area (Å²) in [5.74, 6) is 1.28. The van der Waals surface area contributed by atoms with Gasteiger partial charge in [-0.25, -0.2) is 0 Å². The van der Waals surface area contributed by atoms with E-state index in [1.54, 1.807) is 11.8 Å². The standard InChI is InChI=1S/C21H17Br2F2O3PS.2Na/c22-18-8-6-17(7-9-18)16-4-1-14(2-5-16)12-30-13-15-3-10-19(20(23)11-15)21(24,25)29(26,27)28;;/h1-11H,12-13H2,(H2,26,27,28);;/q;2*+1/p-2. The van der Waals surface area contributed by atoms with Gasteiger partial charge >= 0.3 is 59.1 Å². The number of halogens is 4. The third kappa shape index (κ3) is 8.00. The summed E-state index contributed by atoms with van der Waals surface area (Å²) in [6, 6.07) is 20.1. The maximum absolute atomic E-state index is 13.8. The molecule has 3 aromatic carbocycles. The van der Waals surface area contributed by atoms with Gasteiger partial charge in [-0.15, -0.1) is 0 Å². The smallest absolute Gasteiger partial charge is 0.806 e. The van der Waals surface area contributed by atoms with Gasteiger partial charge in [-0.3, -0.25) is 0 Å². The third-order valence-corrected chi connectivity index (χ3v) is 7.56. The van der Waals surface area contributed by atoms with Crippen LogP contribution in [0.5, 0.6) is 0 Å². The molecule has 32 heavy (non-hydrogen) atoms. The number of rotatable bonds is 7. The van der Waals surface area contributed by atoms with Crippen molar-refractivity contribution >= 4 is 51.2 Å². The molecule has 11 heteroatoms. The molecule has 0 fully saturated rings. The number of alkyl halides is 2. The van der Waals surface area contributed by atoms with Crippen LogP contribution in [0, 0.1) is 0 Å². The molecule has 0 atom stereocenters. The van der Waals surface area contributed by atoms with Crippen molar-refractivity contribution in [1.29, 1.82) is 0 Å². The zero-order chi connectivity index (χ0) is 21.9. The zero-order valence-electron chi connectivity index (χ0n) is 17.4. The number of thioether (sulfide) groups is 1. The Morgan fingerprint density at radius 1 is 0.812 bits per heavy atom. The van der Waals surface area contributed by atoms with Crippen LogP contribution < -0.4 is 68.9 Å². The van der Waals surface area contributed by atoms with Crippen LogP contribution in [0.2, 0.25) is 0 Å². The van der Waals surface area contributed by atoms with Gasteiger partial charge in [0.1, 0.15) is 0 Å². The van der Waals surface area contributed by atoms with E-state index in [0.29, 0.717) is 5.75 Å². The Kier molecular flexibility index (Phi) is 12.9. The van der Waals surface area contributed by atoms with Gasteiger partial charge in [-0.05, 0) is 40.5 Å². The molecule has 0 unspecified atom stereocenters. The first kappa shape index (κ1) is 31.0. The van der Waals surface area contributed by atoms with E-state index in [2.05, 4.69) is 44.0 Å². The van der Waals surface area contributed by atoms with E-state index in [1.165, 1.54) is 12.1 Å². The van der Waals surface area contributed by atoms with Crippen LogP contribution in [-0.2, 0) is 21.7 Å². The normalized spacial score (nSPS) is 11.4. The zero-order valence-corrected chi connectivity index (χ0v) is 26.2. The maximum Gasteiger partial charge on any atom is 1.00 e. The maximum atomic E-state index is 13.8. The number of benzene rings is 3. The Labute approximate surface area is 251 Å². The third-order valence-electron chi connectivity index (χ3n) is 4.37. The summed E-state index contributed by atoms with van der Waals surface area (Å²) in [4.78, 5) is 21.7. The van der Waals surface area contributed by atoms with Gasteiger partial charge in [0, 0.05) is 33.6 Å². The van der Waals surface area contributed by atoms with Crippen molar-refractivity contribution < 1.29 is 82.2 Å². The molecular weight excluding hydrogens is 607 g/mol. The van der Waals surface area contributed by atoms with E-state index < -0.39 is 18.8 Å². The molecule has 0 saturated carbocycles. The van der Waals surface area contributed by atoms with E-state index in [9.17, 15) is 23.1 Å². The molecule has 0 spiro atoms. The molecule has 3 aromatic rings. The monoisotopic (exact) mass is 620 g/mol. The predicted molar refractivity (Wildman–Crippen MR) is 120 cm³/mol. The number of hydrogen-bond acceptors (Lipinski definition) is 4. The van der Waals surface area contributed by atoms with Crippen molar-refractivity contribution in [1.82, 2.24) is 0 Å². The van der Waals surface area contributed by atoms with Crippen LogP contribution in [0.15, 0.2) is 75.7 Å². The van der Waals surface area contributed by atoms with E-state index in [0.717, 1.165) is 38.5 Å². The van der Waals surface area contributed by atoms with Crippen LogP contribution in [0.1, 0.15) is 16.7 Å². The van der Waals surface area contributed by atoms with Crippen LogP contribution >= 0.6 is 51.2 Å². The fourth-order valence-electron chi connectivity index (χ4n) is 2.76. The van der Waals surface area contributed by atoms with Crippen LogP contribution in [0.3, 0.4) is 0 Å². The van der Waals surface area contributed by atoms with Gasteiger partial charge in [-0.1, -0.05) is 80.4 Å². The Morgan fingerprint density at radius 3 is 1.78 bits per heavy atom. The minimum absolute atomic E-state index is 0. The van der Waals surface area contributed by atoms with Crippen LogP contribution in [0.4, 0.5) is 8.78 Å². The Bertz CT molecular complexity index is 1080. The molecule has 0 heterocycles. The van der Waals surface area contributed by atoms with Gasteiger partial charge in [0.15, 0.2) is 0 Å². The average molecular weight is 622 g/mol. The minimum atomic E-state index is -6.09. The second-order valence-corrected chi connectivity index (χ2v) is 10.9. The molecule has 0 radical (unpaired) electrons. The van der Waals surface area contributed by atoms with Crippen LogP contribution in [-0.4, -0.2) is 0 Å². The van der Waals surface area contributed by atoms with Gasteiger partial charge < -0.3 is 14.4 Å². The fourth-order valence-corrected chi connectivity index (χ4v) is 5.29. The van der Waals surface area contributed by atoms with E-state index >= 15 is 0 Å². The van der Waals surface area contributed by atoms with Crippen molar-refractivity contribution in [3.63, 3.8) is 0 Å². The Morgan fingerprint density at radius 2 is 1.28 bits per heavy atom. The molecular formula is C21H15Br2F2Na2O3PS. The molecule has 3 nitrogen and oxygen atoms in total. The molecule has 3 rings (SSSR count). The second kappa shape index (κ2) is 13.3. The summed E-state index contributed by atoms with van der Waals surface area (Å²) in [6.07, 6.45) is 0. The first-order valence-electron chi connectivity index (χ1n) is 8.69. The molecule has 0 aliphatic heterocycles. The SMILES string of the molecule is O=P([O-])([O-])C(F)(F)c1ccc(CSCc2ccc(-c3ccc(Br)cc3)cc2)cc1Br.[Na+].[Na+]. The van der Waals surface area contributed by atoms with Crippen molar-refractivity contribution in [2.45, 2.75) is 17.2 Å². The first-order valence-corrected chi connectivity index (χ1v) is 13.0.